The number of halogens is 4. The normalized spacial score (nSPS) is 11.3. The maximum atomic E-state index is 14.1. The number of nitrogens with zero attached hydrogens (tertiary/aromatic N) is 2. The van der Waals surface area contributed by atoms with Gasteiger partial charge >= 0.3 is 12.2 Å². The Kier molecular flexibility index (Phi) is 5.74. The topological polar surface area (TPSA) is 84.0 Å². The van der Waals surface area contributed by atoms with E-state index in [0.717, 1.165) is 36.4 Å². The predicted octanol–water partition coefficient (Wildman–Crippen LogP) is 5.66. The van der Waals surface area contributed by atoms with Gasteiger partial charge in [-0.3, -0.25) is 14.8 Å². The van der Waals surface area contributed by atoms with Gasteiger partial charge in [0, 0.05) is 34.9 Å². The highest BCUT2D eigenvalue weighted by Crippen LogP contribution is 2.30. The van der Waals surface area contributed by atoms with Gasteiger partial charge < -0.3 is 10.6 Å². The maximum absolute atomic E-state index is 14.1. The molecule has 1 aromatic heterocycles. The summed E-state index contributed by atoms with van der Waals surface area (Å²) in [6, 6.07) is 11.0. The number of ketones is 1. The molecule has 2 N–H and O–H groups in total. The van der Waals surface area contributed by atoms with E-state index in [1.54, 1.807) is 6.07 Å². The summed E-state index contributed by atoms with van der Waals surface area (Å²) in [5, 5.41) is 4.71. The second kappa shape index (κ2) is 8.65. The molecule has 4 aromatic rings. The molecule has 0 aliphatic rings. The van der Waals surface area contributed by atoms with Gasteiger partial charge in [-0.1, -0.05) is 0 Å². The van der Waals surface area contributed by atoms with Gasteiger partial charge in [-0.15, -0.1) is 0 Å². The van der Waals surface area contributed by atoms with E-state index in [-0.39, 0.29) is 22.5 Å². The monoisotopic (exact) mass is 454 g/mol. The van der Waals surface area contributed by atoms with E-state index in [4.69, 9.17) is 0 Å². The first-order chi connectivity index (χ1) is 15.7. The second-order valence-corrected chi connectivity index (χ2v) is 6.97. The summed E-state index contributed by atoms with van der Waals surface area (Å²) >= 11 is 0. The van der Waals surface area contributed by atoms with Crippen molar-refractivity contribution in [1.29, 1.82) is 0 Å². The van der Waals surface area contributed by atoms with Crippen molar-refractivity contribution in [3.8, 4) is 0 Å². The van der Waals surface area contributed by atoms with Crippen molar-refractivity contribution < 1.29 is 27.2 Å². The number of benzene rings is 3. The van der Waals surface area contributed by atoms with Crippen molar-refractivity contribution in [2.24, 2.45) is 0 Å². The second-order valence-electron chi connectivity index (χ2n) is 6.97. The summed E-state index contributed by atoms with van der Waals surface area (Å²) < 4.78 is 52.1. The van der Waals surface area contributed by atoms with Crippen LogP contribution in [0.5, 0.6) is 0 Å². The summed E-state index contributed by atoms with van der Waals surface area (Å²) in [4.78, 5) is 33.3. The van der Waals surface area contributed by atoms with Gasteiger partial charge in [0.15, 0.2) is 5.78 Å². The summed E-state index contributed by atoms with van der Waals surface area (Å²) in [6.45, 7) is 0. The standard InChI is InChI=1S/C23H14F4N4O2/c24-16-9-14(21(32)13-1-6-19-20(11-13)29-8-7-28-19)10-18(12-16)31-22(33)30-17-4-2-15(3-5-17)23(25,26)27/h1-12H,(H2,30,31,33). The minimum absolute atomic E-state index is 0.0108. The lowest BCUT2D eigenvalue weighted by molar-refractivity contribution is -0.137. The largest absolute Gasteiger partial charge is 0.416 e. The Morgan fingerprint density at radius 1 is 0.727 bits per heavy atom. The van der Waals surface area contributed by atoms with Crippen LogP contribution in [0.25, 0.3) is 11.0 Å². The van der Waals surface area contributed by atoms with Gasteiger partial charge in [-0.05, 0) is 60.7 Å². The number of nitrogens with one attached hydrogen (secondary N) is 2. The fourth-order valence-electron chi connectivity index (χ4n) is 3.10. The highest BCUT2D eigenvalue weighted by molar-refractivity contribution is 6.11. The third kappa shape index (κ3) is 5.12. The molecule has 0 radical (unpaired) electrons. The number of aromatic nitrogens is 2. The van der Waals surface area contributed by atoms with Crippen LogP contribution < -0.4 is 10.6 Å². The van der Waals surface area contributed by atoms with E-state index >= 15 is 0 Å². The third-order valence-electron chi connectivity index (χ3n) is 4.62. The van der Waals surface area contributed by atoms with Crippen molar-refractivity contribution in [1.82, 2.24) is 9.97 Å². The number of fused-ring (bicyclic) bond motifs is 1. The molecule has 10 heteroatoms. The van der Waals surface area contributed by atoms with Crippen LogP contribution in [0.2, 0.25) is 0 Å². The molecular weight excluding hydrogens is 440 g/mol. The van der Waals surface area contributed by atoms with Crippen LogP contribution in [0.1, 0.15) is 21.5 Å². The molecular formula is C23H14F4N4O2. The molecule has 0 aliphatic heterocycles. The first-order valence-corrected chi connectivity index (χ1v) is 9.50. The van der Waals surface area contributed by atoms with E-state index in [1.807, 2.05) is 0 Å². The van der Waals surface area contributed by atoms with Gasteiger partial charge in [0.2, 0.25) is 0 Å². The average Bonchev–Trinajstić information content (AvgIpc) is 2.77. The molecule has 33 heavy (non-hydrogen) atoms. The molecule has 166 valence electrons. The molecule has 0 fully saturated rings. The number of urea groups is 1. The first kappa shape index (κ1) is 21.9. The zero-order valence-corrected chi connectivity index (χ0v) is 16.7. The van der Waals surface area contributed by atoms with Crippen molar-refractivity contribution in [2.75, 3.05) is 10.6 Å². The Labute approximate surface area is 184 Å². The molecule has 0 atom stereocenters. The summed E-state index contributed by atoms with van der Waals surface area (Å²) in [5.74, 6) is -1.25. The molecule has 3 aromatic carbocycles. The third-order valence-corrected chi connectivity index (χ3v) is 4.62. The zero-order valence-electron chi connectivity index (χ0n) is 16.7. The summed E-state index contributed by atoms with van der Waals surface area (Å²) in [7, 11) is 0. The maximum Gasteiger partial charge on any atom is 0.416 e. The highest BCUT2D eigenvalue weighted by atomic mass is 19.4. The van der Waals surface area contributed by atoms with Crippen molar-refractivity contribution in [3.63, 3.8) is 0 Å². The van der Waals surface area contributed by atoms with E-state index < -0.39 is 29.4 Å². The number of hydrogen-bond acceptors (Lipinski definition) is 4. The number of anilines is 2. The smallest absolute Gasteiger partial charge is 0.308 e. The molecule has 4 rings (SSSR count). The van der Waals surface area contributed by atoms with Crippen LogP contribution in [0, 0.1) is 5.82 Å². The molecule has 0 spiro atoms. The summed E-state index contributed by atoms with van der Waals surface area (Å²) in [5.41, 5.74) is 0.566. The zero-order chi connectivity index (χ0) is 23.6. The van der Waals surface area contributed by atoms with Gasteiger partial charge in [0.1, 0.15) is 5.82 Å². The molecule has 1 heterocycles. The number of carbonyl (C=O) groups excluding carboxylic acids is 2. The molecule has 0 saturated carbocycles. The first-order valence-electron chi connectivity index (χ1n) is 9.50. The van der Waals surface area contributed by atoms with Gasteiger partial charge in [0.05, 0.1) is 16.6 Å². The Bertz CT molecular complexity index is 1350. The van der Waals surface area contributed by atoms with Crippen molar-refractivity contribution in [2.45, 2.75) is 6.18 Å². The molecule has 0 bridgehead atoms. The average molecular weight is 454 g/mol. The fourth-order valence-corrected chi connectivity index (χ4v) is 3.10. The van der Waals surface area contributed by atoms with Gasteiger partial charge in [-0.2, -0.15) is 13.2 Å². The SMILES string of the molecule is O=C(Nc1ccc(C(F)(F)F)cc1)Nc1cc(F)cc(C(=O)c2ccc3nccnc3c2)c1. The van der Waals surface area contributed by atoms with Gasteiger partial charge in [-0.25, -0.2) is 9.18 Å². The Morgan fingerprint density at radius 3 is 2.09 bits per heavy atom. The van der Waals surface area contributed by atoms with Crippen LogP contribution in [0.4, 0.5) is 33.7 Å². The lowest BCUT2D eigenvalue weighted by Crippen LogP contribution is -2.20. The number of amides is 2. The number of carbonyl (C=O) groups is 2. The van der Waals surface area contributed by atoms with Crippen LogP contribution in [0.15, 0.2) is 73.1 Å². The number of hydrogen-bond donors (Lipinski definition) is 2. The molecule has 0 aliphatic carbocycles. The predicted molar refractivity (Wildman–Crippen MR) is 113 cm³/mol. The molecule has 0 unspecified atom stereocenters. The van der Waals surface area contributed by atoms with E-state index in [1.165, 1.54) is 30.6 Å². The van der Waals surface area contributed by atoms with Gasteiger partial charge in [0.25, 0.3) is 0 Å². The van der Waals surface area contributed by atoms with Crippen LogP contribution in [0.3, 0.4) is 0 Å². The van der Waals surface area contributed by atoms with E-state index in [2.05, 4.69) is 20.6 Å². The highest BCUT2D eigenvalue weighted by Gasteiger charge is 2.30. The molecule has 0 saturated heterocycles. The number of alkyl halides is 3. The van der Waals surface area contributed by atoms with Crippen molar-refractivity contribution >= 4 is 34.2 Å². The van der Waals surface area contributed by atoms with Crippen LogP contribution in [-0.2, 0) is 6.18 Å². The van der Waals surface area contributed by atoms with Crippen LogP contribution >= 0.6 is 0 Å². The fraction of sp³-hybridized carbons (Fsp3) is 0.0435. The molecule has 2 amide bonds. The Balaban J connectivity index is 1.50. The minimum atomic E-state index is -4.50. The van der Waals surface area contributed by atoms with E-state index in [9.17, 15) is 27.2 Å². The quantitative estimate of drug-likeness (QED) is 0.308. The lowest BCUT2D eigenvalue weighted by atomic mass is 10.0. The van der Waals surface area contributed by atoms with Crippen LogP contribution in [-0.4, -0.2) is 21.8 Å². The van der Waals surface area contributed by atoms with E-state index in [0.29, 0.717) is 11.0 Å². The lowest BCUT2D eigenvalue weighted by Gasteiger charge is -2.11. The molecule has 6 nitrogen and oxygen atoms in total. The Morgan fingerprint density at radius 2 is 1.39 bits per heavy atom. The van der Waals surface area contributed by atoms with Crippen molar-refractivity contribution in [3.05, 3.63) is 95.6 Å². The number of rotatable bonds is 4. The summed E-state index contributed by atoms with van der Waals surface area (Å²) in [6.07, 6.45) is -1.50. The Hall–Kier alpha value is -4.34. The minimum Gasteiger partial charge on any atom is -0.308 e.